The van der Waals surface area contributed by atoms with Gasteiger partial charge < -0.3 is 10.7 Å². The third-order valence-corrected chi connectivity index (χ3v) is 3.85. The number of nitrogens with zero attached hydrogens (tertiary/aromatic N) is 1. The van der Waals surface area contributed by atoms with E-state index in [-0.39, 0.29) is 11.1 Å². The molecule has 2 aromatic heterocycles. The predicted octanol–water partition coefficient (Wildman–Crippen LogP) is 3.09. The number of hydrogen-bond donors (Lipinski definition) is 2. The lowest BCUT2D eigenvalue weighted by atomic mass is 9.94. The lowest BCUT2D eigenvalue weighted by Gasteiger charge is -2.19. The number of fused-ring (bicyclic) bond motifs is 1. The molecule has 3 N–H and O–H groups in total. The van der Waals surface area contributed by atoms with Gasteiger partial charge in [-0.15, -0.1) is 0 Å². The lowest BCUT2D eigenvalue weighted by molar-refractivity contribution is 0.554. The van der Waals surface area contributed by atoms with Gasteiger partial charge in [0.25, 0.3) is 5.56 Å². The molecule has 0 saturated carbocycles. The quantitative estimate of drug-likeness (QED) is 0.762. The Bertz CT molecular complexity index is 887. The number of aromatic nitrogens is 2. The van der Waals surface area contributed by atoms with Crippen molar-refractivity contribution in [1.82, 2.24) is 9.97 Å². The summed E-state index contributed by atoms with van der Waals surface area (Å²) < 4.78 is 0. The van der Waals surface area contributed by atoms with Crippen LogP contribution in [0.3, 0.4) is 0 Å². The summed E-state index contributed by atoms with van der Waals surface area (Å²) in [4.78, 5) is 19.1. The van der Waals surface area contributed by atoms with Gasteiger partial charge in [-0.05, 0) is 44.0 Å². The van der Waals surface area contributed by atoms with Crippen LogP contribution >= 0.6 is 0 Å². The van der Waals surface area contributed by atoms with Crippen LogP contribution in [0.5, 0.6) is 0 Å². The fourth-order valence-electron chi connectivity index (χ4n) is 2.56. The maximum atomic E-state index is 11.8. The number of H-pyrrole nitrogens is 1. The number of aryl methyl sites for hydroxylation is 1. The summed E-state index contributed by atoms with van der Waals surface area (Å²) >= 11 is 0. The molecular weight excluding hydrogens is 274 g/mol. The first kappa shape index (κ1) is 14.5. The number of hydrogen-bond acceptors (Lipinski definition) is 3. The van der Waals surface area contributed by atoms with E-state index in [4.69, 9.17) is 5.73 Å². The third kappa shape index (κ3) is 2.53. The van der Waals surface area contributed by atoms with Gasteiger partial charge in [-0.3, -0.25) is 4.79 Å². The van der Waals surface area contributed by atoms with Crippen molar-refractivity contribution in [2.24, 2.45) is 5.73 Å². The Morgan fingerprint density at radius 3 is 2.45 bits per heavy atom. The lowest BCUT2D eigenvalue weighted by Crippen LogP contribution is -2.28. The van der Waals surface area contributed by atoms with Crippen LogP contribution in [0.4, 0.5) is 0 Å². The molecule has 0 aliphatic carbocycles. The molecule has 0 saturated heterocycles. The number of pyridine rings is 2. The molecule has 0 atom stereocenters. The monoisotopic (exact) mass is 293 g/mol. The molecule has 0 radical (unpaired) electrons. The van der Waals surface area contributed by atoms with E-state index in [9.17, 15) is 4.79 Å². The van der Waals surface area contributed by atoms with Crippen molar-refractivity contribution in [2.75, 3.05) is 0 Å². The number of aromatic amines is 1. The first-order valence-corrected chi connectivity index (χ1v) is 7.25. The molecule has 0 bridgehead atoms. The molecule has 0 amide bonds. The highest BCUT2D eigenvalue weighted by Gasteiger charge is 2.14. The first-order chi connectivity index (χ1) is 10.4. The summed E-state index contributed by atoms with van der Waals surface area (Å²) in [5.74, 6) is 0. The highest BCUT2D eigenvalue weighted by molar-refractivity contribution is 5.82. The van der Waals surface area contributed by atoms with E-state index < -0.39 is 0 Å². The Balaban J connectivity index is 2.14. The SMILES string of the molecule is Cc1cc2c(=O)[nH]ccc2nc1-c1ccc(C(C)(C)N)cc1. The van der Waals surface area contributed by atoms with E-state index in [2.05, 4.69) is 9.97 Å². The van der Waals surface area contributed by atoms with Gasteiger partial charge in [-0.2, -0.15) is 0 Å². The molecule has 0 unspecified atom stereocenters. The van der Waals surface area contributed by atoms with E-state index in [1.807, 2.05) is 57.2 Å². The smallest absolute Gasteiger partial charge is 0.257 e. The van der Waals surface area contributed by atoms with Crippen LogP contribution in [0.25, 0.3) is 22.2 Å². The fraction of sp³-hybridized carbons (Fsp3) is 0.222. The number of rotatable bonds is 2. The minimum absolute atomic E-state index is 0.111. The molecule has 3 aromatic rings. The molecule has 4 nitrogen and oxygen atoms in total. The fourth-order valence-corrected chi connectivity index (χ4v) is 2.56. The van der Waals surface area contributed by atoms with E-state index in [0.29, 0.717) is 10.9 Å². The molecular formula is C18H19N3O. The molecule has 2 heterocycles. The zero-order valence-electron chi connectivity index (χ0n) is 13.0. The van der Waals surface area contributed by atoms with Gasteiger partial charge in [0.15, 0.2) is 0 Å². The Hall–Kier alpha value is -2.46. The topological polar surface area (TPSA) is 71.8 Å². The van der Waals surface area contributed by atoms with Gasteiger partial charge in [0, 0.05) is 17.3 Å². The second-order valence-electron chi connectivity index (χ2n) is 6.19. The Labute approximate surface area is 129 Å². The van der Waals surface area contributed by atoms with Crippen molar-refractivity contribution in [2.45, 2.75) is 26.3 Å². The largest absolute Gasteiger partial charge is 0.328 e. The number of nitrogens with one attached hydrogen (secondary N) is 1. The van der Waals surface area contributed by atoms with Crippen molar-refractivity contribution >= 4 is 10.9 Å². The van der Waals surface area contributed by atoms with Crippen molar-refractivity contribution in [1.29, 1.82) is 0 Å². The molecule has 3 rings (SSSR count). The Morgan fingerprint density at radius 2 is 1.82 bits per heavy atom. The number of benzene rings is 1. The van der Waals surface area contributed by atoms with Crippen molar-refractivity contribution in [3.63, 3.8) is 0 Å². The molecule has 0 fully saturated rings. The van der Waals surface area contributed by atoms with Crippen LogP contribution < -0.4 is 11.3 Å². The molecule has 1 aromatic carbocycles. The third-order valence-electron chi connectivity index (χ3n) is 3.85. The molecule has 22 heavy (non-hydrogen) atoms. The van der Waals surface area contributed by atoms with E-state index in [1.165, 1.54) is 0 Å². The molecule has 0 aliphatic heterocycles. The number of nitrogens with two attached hydrogens (primary N) is 1. The zero-order chi connectivity index (χ0) is 15.9. The molecule has 112 valence electrons. The zero-order valence-corrected chi connectivity index (χ0v) is 13.0. The predicted molar refractivity (Wildman–Crippen MR) is 89.8 cm³/mol. The van der Waals surface area contributed by atoms with Crippen molar-refractivity contribution < 1.29 is 0 Å². The Morgan fingerprint density at radius 1 is 1.14 bits per heavy atom. The Kier molecular flexibility index (Phi) is 3.34. The van der Waals surface area contributed by atoms with Crippen LogP contribution in [0, 0.1) is 6.92 Å². The summed E-state index contributed by atoms with van der Waals surface area (Å²) in [5, 5.41) is 0.614. The molecule has 0 spiro atoms. The molecule has 4 heteroatoms. The summed E-state index contributed by atoms with van der Waals surface area (Å²) in [7, 11) is 0. The van der Waals surface area contributed by atoms with Crippen LogP contribution in [0.1, 0.15) is 25.0 Å². The summed E-state index contributed by atoms with van der Waals surface area (Å²) in [6, 6.07) is 11.8. The average Bonchev–Trinajstić information content (AvgIpc) is 2.47. The normalized spacial score (nSPS) is 11.8. The van der Waals surface area contributed by atoms with Gasteiger partial charge in [0.1, 0.15) is 0 Å². The average molecular weight is 293 g/mol. The van der Waals surface area contributed by atoms with Gasteiger partial charge in [-0.25, -0.2) is 4.98 Å². The van der Waals surface area contributed by atoms with Crippen LogP contribution in [0.2, 0.25) is 0 Å². The van der Waals surface area contributed by atoms with Crippen LogP contribution in [-0.2, 0) is 5.54 Å². The molecule has 0 aliphatic rings. The maximum absolute atomic E-state index is 11.8. The van der Waals surface area contributed by atoms with E-state index in [0.717, 1.165) is 22.4 Å². The van der Waals surface area contributed by atoms with Gasteiger partial charge in [0.05, 0.1) is 16.6 Å². The van der Waals surface area contributed by atoms with Crippen molar-refractivity contribution in [3.8, 4) is 11.3 Å². The van der Waals surface area contributed by atoms with E-state index >= 15 is 0 Å². The summed E-state index contributed by atoms with van der Waals surface area (Å²) in [5.41, 5.74) is 10.3. The van der Waals surface area contributed by atoms with E-state index in [1.54, 1.807) is 6.20 Å². The first-order valence-electron chi connectivity index (χ1n) is 7.25. The second kappa shape index (κ2) is 5.07. The highest BCUT2D eigenvalue weighted by atomic mass is 16.1. The van der Waals surface area contributed by atoms with Gasteiger partial charge >= 0.3 is 0 Å². The summed E-state index contributed by atoms with van der Waals surface area (Å²) in [6.07, 6.45) is 1.62. The maximum Gasteiger partial charge on any atom is 0.257 e. The van der Waals surface area contributed by atoms with Crippen LogP contribution in [-0.4, -0.2) is 9.97 Å². The van der Waals surface area contributed by atoms with Gasteiger partial charge in [0.2, 0.25) is 0 Å². The minimum Gasteiger partial charge on any atom is -0.328 e. The summed E-state index contributed by atoms with van der Waals surface area (Å²) in [6.45, 7) is 5.93. The minimum atomic E-state index is -0.363. The van der Waals surface area contributed by atoms with Crippen LogP contribution in [0.15, 0.2) is 47.4 Å². The van der Waals surface area contributed by atoms with Crippen molar-refractivity contribution in [3.05, 3.63) is 64.1 Å². The standard InChI is InChI=1S/C18H19N3O/c1-11-10-14-15(8-9-20-17(14)22)21-16(11)12-4-6-13(7-5-12)18(2,3)19/h4-10H,19H2,1-3H3,(H,20,22). The second-order valence-corrected chi connectivity index (χ2v) is 6.19. The van der Waals surface area contributed by atoms with Gasteiger partial charge in [-0.1, -0.05) is 24.3 Å². The highest BCUT2D eigenvalue weighted by Crippen LogP contribution is 2.26.